The van der Waals surface area contributed by atoms with E-state index in [9.17, 15) is 4.79 Å². The third-order valence-corrected chi connectivity index (χ3v) is 4.19. The molecule has 0 spiro atoms. The maximum Gasteiger partial charge on any atom is 0.223 e. The minimum absolute atomic E-state index is 0.0213. The highest BCUT2D eigenvalue weighted by Gasteiger charge is 2.24. The lowest BCUT2D eigenvalue weighted by Crippen LogP contribution is -2.31. The third-order valence-electron chi connectivity index (χ3n) is 4.19. The molecule has 1 fully saturated rings. The Hall–Kier alpha value is -1.55. The maximum atomic E-state index is 12.4. The van der Waals surface area contributed by atoms with Crippen molar-refractivity contribution in [2.24, 2.45) is 5.92 Å². The molecule has 1 aliphatic heterocycles. The van der Waals surface area contributed by atoms with E-state index in [-0.39, 0.29) is 11.9 Å². The van der Waals surface area contributed by atoms with Gasteiger partial charge < -0.3 is 15.0 Å². The Kier molecular flexibility index (Phi) is 5.01. The average Bonchev–Trinajstić information content (AvgIpc) is 2.98. The summed E-state index contributed by atoms with van der Waals surface area (Å²) in [6.07, 6.45) is 1.73. The van der Waals surface area contributed by atoms with Gasteiger partial charge in [0.15, 0.2) is 0 Å². The molecule has 20 heavy (non-hydrogen) atoms. The van der Waals surface area contributed by atoms with Gasteiger partial charge in [0.05, 0.1) is 13.2 Å². The summed E-state index contributed by atoms with van der Waals surface area (Å²) >= 11 is 0. The lowest BCUT2D eigenvalue weighted by atomic mass is 10.0. The number of rotatable bonds is 5. The van der Waals surface area contributed by atoms with Crippen LogP contribution in [0.5, 0.6) is 5.75 Å². The monoisotopic (exact) mass is 276 g/mol. The summed E-state index contributed by atoms with van der Waals surface area (Å²) in [5.41, 5.74) is 1.05. The maximum absolute atomic E-state index is 12.4. The van der Waals surface area contributed by atoms with Gasteiger partial charge in [0.1, 0.15) is 5.75 Å². The molecular formula is C16H24N2O2. The highest BCUT2D eigenvalue weighted by atomic mass is 16.5. The summed E-state index contributed by atoms with van der Waals surface area (Å²) in [7, 11) is 3.54. The van der Waals surface area contributed by atoms with E-state index < -0.39 is 0 Å². The van der Waals surface area contributed by atoms with Gasteiger partial charge in [-0.2, -0.15) is 0 Å². The van der Waals surface area contributed by atoms with Crippen molar-refractivity contribution in [3.05, 3.63) is 29.8 Å². The second kappa shape index (κ2) is 6.75. The molecule has 0 radical (unpaired) electrons. The van der Waals surface area contributed by atoms with Crippen LogP contribution < -0.4 is 10.1 Å². The van der Waals surface area contributed by atoms with Gasteiger partial charge in [0.2, 0.25) is 5.91 Å². The molecule has 0 saturated carbocycles. The third kappa shape index (κ3) is 3.31. The second-order valence-corrected chi connectivity index (χ2v) is 5.49. The van der Waals surface area contributed by atoms with Crippen LogP contribution in [0.15, 0.2) is 24.3 Å². The van der Waals surface area contributed by atoms with Gasteiger partial charge in [-0.3, -0.25) is 4.79 Å². The fourth-order valence-electron chi connectivity index (χ4n) is 2.72. The Morgan fingerprint density at radius 1 is 1.50 bits per heavy atom. The summed E-state index contributed by atoms with van der Waals surface area (Å²) in [5, 5.41) is 3.31. The molecule has 0 aromatic heterocycles. The molecule has 4 nitrogen and oxygen atoms in total. The molecule has 1 aromatic rings. The van der Waals surface area contributed by atoms with Gasteiger partial charge in [-0.05, 0) is 38.4 Å². The number of benzene rings is 1. The number of carbonyl (C=O) groups is 1. The molecule has 1 aliphatic rings. The molecule has 1 amide bonds. The summed E-state index contributed by atoms with van der Waals surface area (Å²) in [6.45, 7) is 4.04. The van der Waals surface area contributed by atoms with Crippen molar-refractivity contribution in [2.45, 2.75) is 25.8 Å². The van der Waals surface area contributed by atoms with E-state index in [0.29, 0.717) is 12.3 Å². The molecule has 2 atom stereocenters. The number of carbonyl (C=O) groups excluding carboxylic acids is 1. The van der Waals surface area contributed by atoms with Crippen LogP contribution in [0.4, 0.5) is 0 Å². The Bertz CT molecular complexity index is 456. The molecule has 1 N–H and O–H groups in total. The number of hydrogen-bond acceptors (Lipinski definition) is 3. The minimum atomic E-state index is 0.0213. The smallest absolute Gasteiger partial charge is 0.223 e. The molecule has 4 heteroatoms. The molecule has 1 saturated heterocycles. The number of nitrogens with one attached hydrogen (secondary N) is 1. The molecule has 110 valence electrons. The fourth-order valence-corrected chi connectivity index (χ4v) is 2.72. The van der Waals surface area contributed by atoms with E-state index in [1.165, 1.54) is 0 Å². The van der Waals surface area contributed by atoms with Crippen LogP contribution in [0.2, 0.25) is 0 Å². The van der Waals surface area contributed by atoms with Gasteiger partial charge in [-0.1, -0.05) is 18.2 Å². The molecule has 0 bridgehead atoms. The van der Waals surface area contributed by atoms with Crippen LogP contribution >= 0.6 is 0 Å². The number of ether oxygens (including phenoxy) is 1. The van der Waals surface area contributed by atoms with Crippen LogP contribution in [-0.4, -0.2) is 38.1 Å². The van der Waals surface area contributed by atoms with E-state index in [2.05, 4.69) is 5.32 Å². The zero-order chi connectivity index (χ0) is 14.5. The van der Waals surface area contributed by atoms with E-state index in [4.69, 9.17) is 4.74 Å². The van der Waals surface area contributed by atoms with Crippen molar-refractivity contribution in [3.8, 4) is 5.75 Å². The Morgan fingerprint density at radius 2 is 2.25 bits per heavy atom. The lowest BCUT2D eigenvalue weighted by molar-refractivity contribution is -0.132. The number of nitrogens with zero attached hydrogens (tertiary/aromatic N) is 1. The normalized spacial score (nSPS) is 19.6. The van der Waals surface area contributed by atoms with Gasteiger partial charge in [0, 0.05) is 19.0 Å². The Morgan fingerprint density at radius 3 is 2.90 bits per heavy atom. The average molecular weight is 276 g/mol. The molecule has 1 heterocycles. The first-order chi connectivity index (χ1) is 9.63. The van der Waals surface area contributed by atoms with Gasteiger partial charge in [-0.15, -0.1) is 0 Å². The predicted molar refractivity (Wildman–Crippen MR) is 79.8 cm³/mol. The predicted octanol–water partition coefficient (Wildman–Crippen LogP) is 2.21. The fraction of sp³-hybridized carbons (Fsp3) is 0.562. The Labute approximate surface area is 121 Å². The van der Waals surface area contributed by atoms with Crippen molar-refractivity contribution in [1.29, 1.82) is 0 Å². The van der Waals surface area contributed by atoms with E-state index in [1.54, 1.807) is 7.11 Å². The summed E-state index contributed by atoms with van der Waals surface area (Å²) in [4.78, 5) is 14.2. The molecule has 0 unspecified atom stereocenters. The zero-order valence-electron chi connectivity index (χ0n) is 12.6. The topological polar surface area (TPSA) is 41.6 Å². The summed E-state index contributed by atoms with van der Waals surface area (Å²) in [5.74, 6) is 1.52. The second-order valence-electron chi connectivity index (χ2n) is 5.49. The quantitative estimate of drug-likeness (QED) is 0.896. The van der Waals surface area contributed by atoms with Crippen LogP contribution in [0.1, 0.15) is 31.4 Å². The molecule has 2 rings (SSSR count). The SMILES string of the molecule is COc1ccccc1[C@@H](C)N(C)C(=O)C[C@@H]1CCNC1. The van der Waals surface area contributed by atoms with E-state index in [1.807, 2.05) is 43.1 Å². The number of para-hydroxylation sites is 1. The van der Waals surface area contributed by atoms with Crippen LogP contribution in [0.3, 0.4) is 0 Å². The number of amides is 1. The first-order valence-corrected chi connectivity index (χ1v) is 7.22. The summed E-state index contributed by atoms with van der Waals surface area (Å²) in [6, 6.07) is 7.90. The number of methoxy groups -OCH3 is 1. The van der Waals surface area contributed by atoms with Crippen molar-refractivity contribution in [2.75, 3.05) is 27.2 Å². The molecule has 1 aromatic carbocycles. The van der Waals surface area contributed by atoms with Crippen LogP contribution in [0, 0.1) is 5.92 Å². The largest absolute Gasteiger partial charge is 0.496 e. The highest BCUT2D eigenvalue weighted by Crippen LogP contribution is 2.29. The highest BCUT2D eigenvalue weighted by molar-refractivity contribution is 5.76. The minimum Gasteiger partial charge on any atom is -0.496 e. The summed E-state index contributed by atoms with van der Waals surface area (Å²) < 4.78 is 5.38. The van der Waals surface area contributed by atoms with Crippen molar-refractivity contribution < 1.29 is 9.53 Å². The zero-order valence-corrected chi connectivity index (χ0v) is 12.6. The lowest BCUT2D eigenvalue weighted by Gasteiger charge is -2.27. The standard InChI is InChI=1S/C16H24N2O2/c1-12(14-6-4-5-7-15(14)20-3)18(2)16(19)10-13-8-9-17-11-13/h4-7,12-13,17H,8-11H2,1-3H3/t12-,13+/m1/s1. The van der Waals surface area contributed by atoms with Crippen LogP contribution in [-0.2, 0) is 4.79 Å². The van der Waals surface area contributed by atoms with Crippen LogP contribution in [0.25, 0.3) is 0 Å². The molecule has 0 aliphatic carbocycles. The number of hydrogen-bond donors (Lipinski definition) is 1. The van der Waals surface area contributed by atoms with Crippen molar-refractivity contribution in [3.63, 3.8) is 0 Å². The van der Waals surface area contributed by atoms with E-state index >= 15 is 0 Å². The Balaban J connectivity index is 2.03. The first kappa shape index (κ1) is 14.9. The molecular weight excluding hydrogens is 252 g/mol. The van der Waals surface area contributed by atoms with Gasteiger partial charge in [0.25, 0.3) is 0 Å². The first-order valence-electron chi connectivity index (χ1n) is 7.22. The van der Waals surface area contributed by atoms with Crippen molar-refractivity contribution in [1.82, 2.24) is 10.2 Å². The van der Waals surface area contributed by atoms with Gasteiger partial charge in [-0.25, -0.2) is 0 Å². The van der Waals surface area contributed by atoms with E-state index in [0.717, 1.165) is 30.8 Å². The van der Waals surface area contributed by atoms with Crippen molar-refractivity contribution >= 4 is 5.91 Å². The van der Waals surface area contributed by atoms with Gasteiger partial charge >= 0.3 is 0 Å².